The maximum absolute atomic E-state index is 13.1. The summed E-state index contributed by atoms with van der Waals surface area (Å²) in [4.78, 5) is 39.6. The van der Waals surface area contributed by atoms with E-state index in [4.69, 9.17) is 9.47 Å². The zero-order valence-corrected chi connectivity index (χ0v) is 24.1. The van der Waals surface area contributed by atoms with Crippen LogP contribution in [0.1, 0.15) is 28.4 Å². The molecule has 4 rings (SSSR count). The summed E-state index contributed by atoms with van der Waals surface area (Å²) in [5.41, 5.74) is 2.80. The molecule has 8 nitrogen and oxygen atoms in total. The molecule has 0 aromatic heterocycles. The van der Waals surface area contributed by atoms with Gasteiger partial charge in [-0.15, -0.1) is 0 Å². The molecule has 0 heterocycles. The molecule has 0 aliphatic rings. The number of hydrogen-bond acceptors (Lipinski definition) is 6. The van der Waals surface area contributed by atoms with E-state index in [-0.39, 0.29) is 31.3 Å². The number of aliphatic carboxylic acids is 1. The Bertz CT molecular complexity index is 1570. The number of para-hydroxylation sites is 3. The van der Waals surface area contributed by atoms with Gasteiger partial charge in [0.05, 0.1) is 19.3 Å². The number of nitrogens with zero attached hydrogens (tertiary/aromatic N) is 1. The van der Waals surface area contributed by atoms with Gasteiger partial charge in [0.2, 0.25) is 0 Å². The van der Waals surface area contributed by atoms with Crippen LogP contribution in [-0.2, 0) is 16.0 Å². The number of carboxylic acid groups (broad SMARTS) is 1. The number of anilines is 2. The molecule has 0 saturated carbocycles. The van der Waals surface area contributed by atoms with Crippen molar-refractivity contribution >= 4 is 29.0 Å². The summed E-state index contributed by atoms with van der Waals surface area (Å²) in [7, 11) is 1.56. The minimum atomic E-state index is -1.04. The van der Waals surface area contributed by atoms with Crippen molar-refractivity contribution < 1.29 is 29.0 Å². The predicted molar refractivity (Wildman–Crippen MR) is 167 cm³/mol. The highest BCUT2D eigenvalue weighted by Crippen LogP contribution is 2.28. The second-order valence-electron chi connectivity index (χ2n) is 9.63. The zero-order valence-electron chi connectivity index (χ0n) is 24.1. The molecule has 1 amide bonds. The van der Waals surface area contributed by atoms with Crippen molar-refractivity contribution in [3.63, 3.8) is 0 Å². The number of ether oxygens (including phenoxy) is 2. The van der Waals surface area contributed by atoms with Crippen LogP contribution in [0, 0.1) is 0 Å². The van der Waals surface area contributed by atoms with E-state index < -0.39 is 12.0 Å². The monoisotopic (exact) mass is 578 g/mol. The fraction of sp³-hybridized carbons (Fsp3) is 0.171. The standard InChI is InChI=1S/C35H34N2O6/c1-3-11-33(38)37(31-16-9-10-17-32(31)42-2)22-23-43-27-20-18-25(19-21-27)24-30(35(40)41)36-29-15-8-7-14-28(29)34(39)26-12-5-4-6-13-26/h3-21,30,36H,22-24H2,1-2H3,(H,40,41)/b11-3+/t30-/m0/s1. The highest BCUT2D eigenvalue weighted by Gasteiger charge is 2.22. The fourth-order valence-corrected chi connectivity index (χ4v) is 4.59. The molecule has 0 saturated heterocycles. The van der Waals surface area contributed by atoms with E-state index in [9.17, 15) is 19.5 Å². The van der Waals surface area contributed by atoms with Crippen LogP contribution in [0.3, 0.4) is 0 Å². The molecule has 0 spiro atoms. The normalized spacial score (nSPS) is 11.5. The number of nitrogens with one attached hydrogen (secondary N) is 1. The van der Waals surface area contributed by atoms with Crippen LogP contribution in [-0.4, -0.2) is 49.1 Å². The molecule has 8 heteroatoms. The van der Waals surface area contributed by atoms with Crippen molar-refractivity contribution in [1.82, 2.24) is 0 Å². The van der Waals surface area contributed by atoms with Crippen molar-refractivity contribution in [2.45, 2.75) is 19.4 Å². The van der Waals surface area contributed by atoms with Gasteiger partial charge in [0.25, 0.3) is 5.91 Å². The third kappa shape index (κ3) is 8.10. The Morgan fingerprint density at radius 3 is 2.26 bits per heavy atom. The Kier molecular flexibility index (Phi) is 10.7. The highest BCUT2D eigenvalue weighted by atomic mass is 16.5. The van der Waals surface area contributed by atoms with Crippen molar-refractivity contribution in [3.8, 4) is 11.5 Å². The van der Waals surface area contributed by atoms with Crippen molar-refractivity contribution in [3.05, 3.63) is 132 Å². The van der Waals surface area contributed by atoms with E-state index in [0.29, 0.717) is 34.0 Å². The average molecular weight is 579 g/mol. The molecule has 1 atom stereocenters. The molecule has 0 fully saturated rings. The maximum Gasteiger partial charge on any atom is 0.326 e. The van der Waals surface area contributed by atoms with Gasteiger partial charge in [-0.2, -0.15) is 0 Å². The minimum absolute atomic E-state index is 0.183. The quantitative estimate of drug-likeness (QED) is 0.139. The van der Waals surface area contributed by atoms with E-state index in [1.165, 1.54) is 6.08 Å². The van der Waals surface area contributed by atoms with Crippen LogP contribution in [0.5, 0.6) is 11.5 Å². The molecular formula is C35H34N2O6. The van der Waals surface area contributed by atoms with Crippen LogP contribution in [0.2, 0.25) is 0 Å². The molecular weight excluding hydrogens is 544 g/mol. The largest absolute Gasteiger partial charge is 0.495 e. The molecule has 0 radical (unpaired) electrons. The van der Waals surface area contributed by atoms with Crippen molar-refractivity contribution in [2.75, 3.05) is 30.5 Å². The maximum atomic E-state index is 13.1. The summed E-state index contributed by atoms with van der Waals surface area (Å²) in [6, 6.07) is 29.2. The average Bonchev–Trinajstić information content (AvgIpc) is 3.04. The first-order valence-corrected chi connectivity index (χ1v) is 13.9. The lowest BCUT2D eigenvalue weighted by Crippen LogP contribution is -2.33. The Morgan fingerprint density at radius 2 is 1.56 bits per heavy atom. The number of carboxylic acids is 1. The van der Waals surface area contributed by atoms with Gasteiger partial charge in [-0.3, -0.25) is 9.59 Å². The van der Waals surface area contributed by atoms with Crippen LogP contribution < -0.4 is 19.7 Å². The van der Waals surface area contributed by atoms with Crippen LogP contribution >= 0.6 is 0 Å². The number of benzene rings is 4. The van der Waals surface area contributed by atoms with E-state index in [0.717, 1.165) is 5.56 Å². The number of carbonyl (C=O) groups is 3. The summed E-state index contributed by atoms with van der Waals surface area (Å²) in [6.07, 6.45) is 3.36. The zero-order chi connectivity index (χ0) is 30.6. The first-order chi connectivity index (χ1) is 20.9. The molecule has 4 aromatic carbocycles. The Hall–Kier alpha value is -5.37. The van der Waals surface area contributed by atoms with E-state index in [2.05, 4.69) is 5.32 Å². The molecule has 43 heavy (non-hydrogen) atoms. The molecule has 220 valence electrons. The highest BCUT2D eigenvalue weighted by molar-refractivity contribution is 6.12. The van der Waals surface area contributed by atoms with Gasteiger partial charge in [0, 0.05) is 23.2 Å². The number of carbonyl (C=O) groups excluding carboxylic acids is 2. The predicted octanol–water partition coefficient (Wildman–Crippen LogP) is 6.02. The van der Waals surface area contributed by atoms with E-state index in [1.807, 2.05) is 24.3 Å². The first-order valence-electron chi connectivity index (χ1n) is 13.9. The lowest BCUT2D eigenvalue weighted by atomic mass is 10.00. The van der Waals surface area contributed by atoms with Gasteiger partial charge < -0.3 is 24.8 Å². The van der Waals surface area contributed by atoms with Crippen LogP contribution in [0.15, 0.2) is 115 Å². The smallest absolute Gasteiger partial charge is 0.326 e. The van der Waals surface area contributed by atoms with Gasteiger partial charge in [0.1, 0.15) is 24.1 Å². The van der Waals surface area contributed by atoms with Gasteiger partial charge in [0.15, 0.2) is 5.78 Å². The SMILES string of the molecule is C/C=C/C(=O)N(CCOc1ccc(C[C@H](Nc2ccccc2C(=O)c2ccccc2)C(=O)O)cc1)c1ccccc1OC. The molecule has 0 unspecified atom stereocenters. The lowest BCUT2D eigenvalue weighted by Gasteiger charge is -2.23. The van der Waals surface area contributed by atoms with Crippen molar-refractivity contribution in [1.29, 1.82) is 0 Å². The third-order valence-electron chi connectivity index (χ3n) is 6.73. The van der Waals surface area contributed by atoms with E-state index >= 15 is 0 Å². The summed E-state index contributed by atoms with van der Waals surface area (Å²) in [5.74, 6) is -0.250. The fourth-order valence-electron chi connectivity index (χ4n) is 4.59. The Balaban J connectivity index is 1.40. The van der Waals surface area contributed by atoms with Crippen LogP contribution in [0.4, 0.5) is 11.4 Å². The number of rotatable bonds is 14. The summed E-state index contributed by atoms with van der Waals surface area (Å²) < 4.78 is 11.4. The summed E-state index contributed by atoms with van der Waals surface area (Å²) in [5, 5.41) is 13.0. The molecule has 2 N–H and O–H groups in total. The lowest BCUT2D eigenvalue weighted by molar-refractivity contribution is -0.137. The van der Waals surface area contributed by atoms with Gasteiger partial charge in [-0.1, -0.05) is 72.8 Å². The summed E-state index contributed by atoms with van der Waals surface area (Å²) >= 11 is 0. The topological polar surface area (TPSA) is 105 Å². The molecule has 0 aliphatic heterocycles. The van der Waals surface area contributed by atoms with Gasteiger partial charge >= 0.3 is 5.97 Å². The molecule has 0 bridgehead atoms. The summed E-state index contributed by atoms with van der Waals surface area (Å²) in [6.45, 7) is 2.30. The number of amides is 1. The number of methoxy groups -OCH3 is 1. The number of ketones is 1. The molecule has 4 aromatic rings. The van der Waals surface area contributed by atoms with Gasteiger partial charge in [-0.25, -0.2) is 4.79 Å². The van der Waals surface area contributed by atoms with Crippen LogP contribution in [0.25, 0.3) is 0 Å². The number of hydrogen-bond donors (Lipinski definition) is 2. The second kappa shape index (κ2) is 15.0. The third-order valence-corrected chi connectivity index (χ3v) is 6.73. The second-order valence-corrected chi connectivity index (χ2v) is 9.63. The van der Waals surface area contributed by atoms with E-state index in [1.54, 1.807) is 104 Å². The number of allylic oxidation sites excluding steroid dienone is 1. The van der Waals surface area contributed by atoms with Gasteiger partial charge in [-0.05, 0) is 55.0 Å². The Labute approximate surface area is 251 Å². The minimum Gasteiger partial charge on any atom is -0.495 e. The first kappa shape index (κ1) is 30.6. The Morgan fingerprint density at radius 1 is 0.884 bits per heavy atom. The van der Waals surface area contributed by atoms with Crippen molar-refractivity contribution in [2.24, 2.45) is 0 Å². The molecule has 0 aliphatic carbocycles.